The molecule has 1 atom stereocenters. The molecule has 0 radical (unpaired) electrons. The van der Waals surface area contributed by atoms with Gasteiger partial charge in [-0.2, -0.15) is 0 Å². The number of aliphatic hydroxyl groups excluding tert-OH is 1. The molecule has 21 heavy (non-hydrogen) atoms. The summed E-state index contributed by atoms with van der Waals surface area (Å²) in [7, 11) is 2.78. The van der Waals surface area contributed by atoms with Crippen molar-refractivity contribution in [3.05, 3.63) is 58.7 Å². The molecule has 0 amide bonds. The van der Waals surface area contributed by atoms with Gasteiger partial charge in [0.1, 0.15) is 17.7 Å². The van der Waals surface area contributed by atoms with Gasteiger partial charge < -0.3 is 14.6 Å². The van der Waals surface area contributed by atoms with E-state index in [1.807, 2.05) is 0 Å². The molecule has 0 saturated carbocycles. The molecule has 2 aromatic rings. The van der Waals surface area contributed by atoms with Crippen LogP contribution in [0.4, 0.5) is 8.78 Å². The zero-order valence-electron chi connectivity index (χ0n) is 12.0. The zero-order chi connectivity index (χ0) is 15.6. The molecule has 0 heterocycles. The van der Waals surface area contributed by atoms with Crippen molar-refractivity contribution in [2.75, 3.05) is 14.2 Å². The SMILES string of the molecule is COc1cc(F)c(C(O)c2cc(C)ccc2F)cc1OC. The molecule has 2 rings (SSSR count). The van der Waals surface area contributed by atoms with E-state index in [1.165, 1.54) is 32.4 Å². The van der Waals surface area contributed by atoms with Crippen molar-refractivity contribution in [3.63, 3.8) is 0 Å². The van der Waals surface area contributed by atoms with Crippen LogP contribution in [0.5, 0.6) is 11.5 Å². The fourth-order valence-electron chi connectivity index (χ4n) is 2.12. The molecule has 0 spiro atoms. The lowest BCUT2D eigenvalue weighted by atomic mass is 9.98. The van der Waals surface area contributed by atoms with Crippen LogP contribution in [0.3, 0.4) is 0 Å². The lowest BCUT2D eigenvalue weighted by Crippen LogP contribution is -2.06. The molecule has 0 bridgehead atoms. The van der Waals surface area contributed by atoms with Gasteiger partial charge in [-0.15, -0.1) is 0 Å². The highest BCUT2D eigenvalue weighted by molar-refractivity contribution is 5.46. The summed E-state index contributed by atoms with van der Waals surface area (Å²) in [4.78, 5) is 0. The van der Waals surface area contributed by atoms with E-state index in [2.05, 4.69) is 0 Å². The summed E-state index contributed by atoms with van der Waals surface area (Å²) < 4.78 is 38.0. The van der Waals surface area contributed by atoms with E-state index >= 15 is 0 Å². The highest BCUT2D eigenvalue weighted by atomic mass is 19.1. The molecule has 0 aromatic heterocycles. The van der Waals surface area contributed by atoms with Crippen molar-refractivity contribution in [3.8, 4) is 11.5 Å². The number of hydrogen-bond donors (Lipinski definition) is 1. The third kappa shape index (κ3) is 2.97. The Hall–Kier alpha value is -2.14. The van der Waals surface area contributed by atoms with Crippen molar-refractivity contribution in [1.29, 1.82) is 0 Å². The smallest absolute Gasteiger partial charge is 0.163 e. The van der Waals surface area contributed by atoms with Crippen molar-refractivity contribution in [2.45, 2.75) is 13.0 Å². The molecule has 0 aliphatic heterocycles. The number of hydrogen-bond acceptors (Lipinski definition) is 3. The summed E-state index contributed by atoms with van der Waals surface area (Å²) in [6.07, 6.45) is -1.43. The topological polar surface area (TPSA) is 38.7 Å². The minimum Gasteiger partial charge on any atom is -0.493 e. The van der Waals surface area contributed by atoms with Crippen LogP contribution < -0.4 is 9.47 Å². The van der Waals surface area contributed by atoms with E-state index in [0.717, 1.165) is 11.6 Å². The van der Waals surface area contributed by atoms with Crippen LogP contribution >= 0.6 is 0 Å². The molecule has 0 aliphatic carbocycles. The highest BCUT2D eigenvalue weighted by Gasteiger charge is 2.21. The zero-order valence-corrected chi connectivity index (χ0v) is 12.0. The summed E-state index contributed by atoms with van der Waals surface area (Å²) in [5.41, 5.74) is 0.713. The van der Waals surface area contributed by atoms with Crippen molar-refractivity contribution in [1.82, 2.24) is 0 Å². The Morgan fingerprint density at radius 1 is 0.905 bits per heavy atom. The van der Waals surface area contributed by atoms with Crippen LogP contribution in [0.2, 0.25) is 0 Å². The Bertz CT molecular complexity index is 656. The van der Waals surface area contributed by atoms with E-state index in [4.69, 9.17) is 9.47 Å². The quantitative estimate of drug-likeness (QED) is 0.939. The fourth-order valence-corrected chi connectivity index (χ4v) is 2.12. The lowest BCUT2D eigenvalue weighted by molar-refractivity contribution is 0.208. The molecule has 112 valence electrons. The second-order valence-corrected chi connectivity index (χ2v) is 4.66. The van der Waals surface area contributed by atoms with Gasteiger partial charge >= 0.3 is 0 Å². The maximum Gasteiger partial charge on any atom is 0.163 e. The predicted octanol–water partition coefficient (Wildman–Crippen LogP) is 3.37. The van der Waals surface area contributed by atoms with E-state index in [-0.39, 0.29) is 22.6 Å². The fraction of sp³-hybridized carbons (Fsp3) is 0.250. The second-order valence-electron chi connectivity index (χ2n) is 4.66. The third-order valence-corrected chi connectivity index (χ3v) is 3.24. The number of methoxy groups -OCH3 is 2. The van der Waals surface area contributed by atoms with Gasteiger partial charge in [-0.05, 0) is 19.1 Å². The van der Waals surface area contributed by atoms with Gasteiger partial charge in [0.15, 0.2) is 11.5 Å². The average Bonchev–Trinajstić information content (AvgIpc) is 2.48. The van der Waals surface area contributed by atoms with Crippen LogP contribution in [0.15, 0.2) is 30.3 Å². The van der Waals surface area contributed by atoms with E-state index in [1.54, 1.807) is 13.0 Å². The Morgan fingerprint density at radius 2 is 1.48 bits per heavy atom. The predicted molar refractivity (Wildman–Crippen MR) is 74.7 cm³/mol. The van der Waals surface area contributed by atoms with Gasteiger partial charge in [-0.1, -0.05) is 17.7 Å². The van der Waals surface area contributed by atoms with E-state index in [9.17, 15) is 13.9 Å². The summed E-state index contributed by atoms with van der Waals surface area (Å²) in [5.74, 6) is -0.819. The maximum absolute atomic E-state index is 14.1. The maximum atomic E-state index is 14.1. The van der Waals surface area contributed by atoms with Gasteiger partial charge in [0, 0.05) is 17.2 Å². The highest BCUT2D eigenvalue weighted by Crippen LogP contribution is 2.35. The number of ether oxygens (including phenoxy) is 2. The van der Waals surface area contributed by atoms with Crippen molar-refractivity contribution < 1.29 is 23.4 Å². The minimum absolute atomic E-state index is 0.0149. The second kappa shape index (κ2) is 6.10. The summed E-state index contributed by atoms with van der Waals surface area (Å²) in [6.45, 7) is 1.76. The molecule has 3 nitrogen and oxygen atoms in total. The monoisotopic (exact) mass is 294 g/mol. The Labute approximate surface area is 121 Å². The van der Waals surface area contributed by atoms with Crippen LogP contribution in [0.1, 0.15) is 22.8 Å². The van der Waals surface area contributed by atoms with E-state index < -0.39 is 17.7 Å². The van der Waals surface area contributed by atoms with Gasteiger partial charge in [0.25, 0.3) is 0 Å². The molecular weight excluding hydrogens is 278 g/mol. The van der Waals surface area contributed by atoms with Gasteiger partial charge in [-0.3, -0.25) is 0 Å². The Kier molecular flexibility index (Phi) is 4.43. The van der Waals surface area contributed by atoms with Gasteiger partial charge in [0.2, 0.25) is 0 Å². The molecule has 1 unspecified atom stereocenters. The average molecular weight is 294 g/mol. The minimum atomic E-state index is -1.43. The number of rotatable bonds is 4. The number of aliphatic hydroxyl groups is 1. The number of halogens is 2. The van der Waals surface area contributed by atoms with Crippen molar-refractivity contribution in [2.24, 2.45) is 0 Å². The first-order valence-electron chi connectivity index (χ1n) is 6.33. The Morgan fingerprint density at radius 3 is 2.10 bits per heavy atom. The van der Waals surface area contributed by atoms with Gasteiger partial charge in [-0.25, -0.2) is 8.78 Å². The van der Waals surface area contributed by atoms with Crippen molar-refractivity contribution >= 4 is 0 Å². The number of benzene rings is 2. The molecule has 0 aliphatic rings. The molecule has 2 aromatic carbocycles. The largest absolute Gasteiger partial charge is 0.493 e. The van der Waals surface area contributed by atoms with Crippen LogP contribution in [0.25, 0.3) is 0 Å². The van der Waals surface area contributed by atoms with Crippen LogP contribution in [-0.2, 0) is 0 Å². The van der Waals surface area contributed by atoms with Crippen LogP contribution in [0, 0.1) is 18.6 Å². The third-order valence-electron chi connectivity index (χ3n) is 3.24. The molecule has 1 N–H and O–H groups in total. The first kappa shape index (κ1) is 15.3. The van der Waals surface area contributed by atoms with Crippen LogP contribution in [-0.4, -0.2) is 19.3 Å². The number of aryl methyl sites for hydroxylation is 1. The van der Waals surface area contributed by atoms with Gasteiger partial charge in [0.05, 0.1) is 14.2 Å². The lowest BCUT2D eigenvalue weighted by Gasteiger charge is -2.16. The molecule has 5 heteroatoms. The molecule has 0 saturated heterocycles. The molecular formula is C16H16F2O3. The first-order valence-corrected chi connectivity index (χ1v) is 6.33. The summed E-state index contributed by atoms with van der Waals surface area (Å²) >= 11 is 0. The summed E-state index contributed by atoms with van der Waals surface area (Å²) in [5, 5.41) is 10.3. The summed E-state index contributed by atoms with van der Waals surface area (Å²) in [6, 6.07) is 6.71. The Balaban J connectivity index is 2.52. The normalized spacial score (nSPS) is 12.1. The first-order chi connectivity index (χ1) is 9.97. The standard InChI is InChI=1S/C16H16F2O3/c1-9-4-5-12(17)10(6-9)16(19)11-7-14(20-2)15(21-3)8-13(11)18/h4-8,16,19H,1-3H3. The molecule has 0 fully saturated rings. The van der Waals surface area contributed by atoms with E-state index in [0.29, 0.717) is 0 Å².